The molecule has 2 amide bonds. The lowest BCUT2D eigenvalue weighted by Gasteiger charge is -2.30. The molecule has 0 bridgehead atoms. The van der Waals surface area contributed by atoms with Gasteiger partial charge in [0.25, 0.3) is 5.91 Å². The van der Waals surface area contributed by atoms with Gasteiger partial charge in [0.15, 0.2) is 11.9 Å². The summed E-state index contributed by atoms with van der Waals surface area (Å²) in [6, 6.07) is 5.08. The van der Waals surface area contributed by atoms with Crippen molar-refractivity contribution in [2.75, 3.05) is 11.9 Å². The number of Topliss-reactive ketones (excluding diaryl/α,β-unsaturated/α-hetero) is 1. The number of aliphatic hydroxyl groups is 1. The van der Waals surface area contributed by atoms with E-state index in [1.807, 2.05) is 0 Å². The van der Waals surface area contributed by atoms with Crippen LogP contribution in [0, 0.1) is 0 Å². The number of rotatable bonds is 5. The molecule has 3 rings (SSSR count). The maximum atomic E-state index is 12.5. The van der Waals surface area contributed by atoms with Crippen molar-refractivity contribution in [3.05, 3.63) is 23.8 Å². The summed E-state index contributed by atoms with van der Waals surface area (Å²) in [6.07, 6.45) is 2.35. The minimum absolute atomic E-state index is 0.0820. The number of hydrogen-bond acceptors (Lipinski definition) is 5. The molecule has 1 fully saturated rings. The second kappa shape index (κ2) is 8.08. The molecule has 146 valence electrons. The van der Waals surface area contributed by atoms with E-state index in [9.17, 15) is 19.5 Å². The smallest absolute Gasteiger partial charge is 0.267 e. The number of anilines is 1. The summed E-state index contributed by atoms with van der Waals surface area (Å²) in [7, 11) is 1.66. The molecule has 1 aliphatic heterocycles. The Balaban J connectivity index is 1.55. The van der Waals surface area contributed by atoms with Crippen LogP contribution in [-0.2, 0) is 9.59 Å². The first-order chi connectivity index (χ1) is 12.8. The monoisotopic (exact) mass is 374 g/mol. The third-order valence-corrected chi connectivity index (χ3v) is 5.27. The van der Waals surface area contributed by atoms with Crippen LogP contribution < -0.4 is 15.0 Å². The molecule has 27 heavy (non-hydrogen) atoms. The number of aliphatic hydroxyl groups excluding tert-OH is 1. The number of carbonyl (C=O) groups excluding carboxylic acids is 3. The standard InChI is InChI=1S/C20H26N2O5/c1-12-20(26)22(2)16-11-13(3-9-18(16)27-12)17(24)8-10-19(25)21-14-4-6-15(23)7-5-14/h3,9,11-12,14-15,23H,4-8,10H2,1-2H3,(H,21,25). The molecule has 7 heteroatoms. The van der Waals surface area contributed by atoms with Crippen LogP contribution in [0.1, 0.15) is 55.8 Å². The van der Waals surface area contributed by atoms with E-state index >= 15 is 0 Å². The van der Waals surface area contributed by atoms with Crippen LogP contribution in [0.15, 0.2) is 18.2 Å². The van der Waals surface area contributed by atoms with Gasteiger partial charge in [-0.3, -0.25) is 14.4 Å². The molecule has 7 nitrogen and oxygen atoms in total. The average molecular weight is 374 g/mol. The van der Waals surface area contributed by atoms with Crippen LogP contribution in [0.5, 0.6) is 5.75 Å². The predicted octanol–water partition coefficient (Wildman–Crippen LogP) is 1.81. The first-order valence-corrected chi connectivity index (χ1v) is 9.44. The molecule has 0 saturated heterocycles. The van der Waals surface area contributed by atoms with Crippen molar-refractivity contribution in [3.8, 4) is 5.75 Å². The number of likely N-dealkylation sites (N-methyl/N-ethyl adjacent to an activating group) is 1. The molecular formula is C20H26N2O5. The van der Waals surface area contributed by atoms with Crippen LogP contribution in [0.2, 0.25) is 0 Å². The van der Waals surface area contributed by atoms with E-state index in [1.54, 1.807) is 32.2 Å². The van der Waals surface area contributed by atoms with Crippen LogP contribution >= 0.6 is 0 Å². The maximum Gasteiger partial charge on any atom is 0.267 e. The Kier molecular flexibility index (Phi) is 5.79. The number of ketones is 1. The Bertz CT molecular complexity index is 740. The van der Waals surface area contributed by atoms with Gasteiger partial charge in [-0.1, -0.05) is 0 Å². The number of fused-ring (bicyclic) bond motifs is 1. The molecule has 1 aliphatic carbocycles. The average Bonchev–Trinajstić information content (AvgIpc) is 2.66. The molecule has 2 N–H and O–H groups in total. The summed E-state index contributed by atoms with van der Waals surface area (Å²) < 4.78 is 5.56. The Labute approximate surface area is 158 Å². The Morgan fingerprint density at radius 2 is 1.93 bits per heavy atom. The minimum atomic E-state index is -0.548. The zero-order valence-corrected chi connectivity index (χ0v) is 15.7. The lowest BCUT2D eigenvalue weighted by Crippen LogP contribution is -2.42. The maximum absolute atomic E-state index is 12.5. The fourth-order valence-corrected chi connectivity index (χ4v) is 3.58. The van der Waals surface area contributed by atoms with Crippen molar-refractivity contribution in [2.24, 2.45) is 0 Å². The van der Waals surface area contributed by atoms with Crippen LogP contribution in [0.25, 0.3) is 0 Å². The van der Waals surface area contributed by atoms with E-state index in [-0.39, 0.29) is 42.6 Å². The highest BCUT2D eigenvalue weighted by Crippen LogP contribution is 2.34. The van der Waals surface area contributed by atoms with Crippen LogP contribution in [-0.4, -0.2) is 48.0 Å². The van der Waals surface area contributed by atoms with Gasteiger partial charge in [0.1, 0.15) is 5.75 Å². The number of amides is 2. The molecule has 0 spiro atoms. The van der Waals surface area contributed by atoms with Crippen LogP contribution in [0.3, 0.4) is 0 Å². The molecule has 0 aromatic heterocycles. The van der Waals surface area contributed by atoms with E-state index in [1.165, 1.54) is 4.90 Å². The second-order valence-electron chi connectivity index (χ2n) is 7.34. The van der Waals surface area contributed by atoms with Gasteiger partial charge in [-0.05, 0) is 50.8 Å². The molecular weight excluding hydrogens is 348 g/mol. The quantitative estimate of drug-likeness (QED) is 0.767. The van der Waals surface area contributed by atoms with Crippen molar-refractivity contribution in [1.82, 2.24) is 5.32 Å². The Morgan fingerprint density at radius 1 is 1.22 bits per heavy atom. The summed E-state index contributed by atoms with van der Waals surface area (Å²) in [4.78, 5) is 38.1. The largest absolute Gasteiger partial charge is 0.479 e. The van der Waals surface area contributed by atoms with Gasteiger partial charge in [0.05, 0.1) is 11.8 Å². The normalized spacial score (nSPS) is 24.8. The zero-order valence-electron chi connectivity index (χ0n) is 15.7. The summed E-state index contributed by atoms with van der Waals surface area (Å²) in [5.74, 6) is 0.112. The van der Waals surface area contributed by atoms with Crippen LogP contribution in [0.4, 0.5) is 5.69 Å². The Morgan fingerprint density at radius 3 is 2.63 bits per heavy atom. The molecule has 2 aliphatic rings. The van der Waals surface area contributed by atoms with Gasteiger partial charge < -0.3 is 20.1 Å². The first kappa shape index (κ1) is 19.4. The SMILES string of the molecule is CC1Oc2ccc(C(=O)CCC(=O)NC3CCC(O)CC3)cc2N(C)C1=O. The number of ether oxygens (including phenoxy) is 1. The van der Waals surface area contributed by atoms with E-state index in [0.717, 1.165) is 12.8 Å². The second-order valence-corrected chi connectivity index (χ2v) is 7.34. The van der Waals surface area contributed by atoms with Gasteiger partial charge in [-0.25, -0.2) is 0 Å². The third kappa shape index (κ3) is 4.47. The fourth-order valence-electron chi connectivity index (χ4n) is 3.58. The zero-order chi connectivity index (χ0) is 19.6. The van der Waals surface area contributed by atoms with Gasteiger partial charge in [-0.15, -0.1) is 0 Å². The van der Waals surface area contributed by atoms with Gasteiger partial charge in [0, 0.05) is 31.5 Å². The van der Waals surface area contributed by atoms with Crippen molar-refractivity contribution in [3.63, 3.8) is 0 Å². The van der Waals surface area contributed by atoms with E-state index < -0.39 is 6.10 Å². The third-order valence-electron chi connectivity index (χ3n) is 5.27. The number of carbonyl (C=O) groups is 3. The molecule has 0 radical (unpaired) electrons. The topological polar surface area (TPSA) is 95.9 Å². The van der Waals surface area contributed by atoms with Crippen molar-refractivity contribution < 1.29 is 24.2 Å². The highest BCUT2D eigenvalue weighted by atomic mass is 16.5. The lowest BCUT2D eigenvalue weighted by atomic mass is 9.93. The van der Waals surface area contributed by atoms with Crippen molar-refractivity contribution in [1.29, 1.82) is 0 Å². The molecule has 1 atom stereocenters. The minimum Gasteiger partial charge on any atom is -0.479 e. The number of nitrogens with one attached hydrogen (secondary N) is 1. The molecule has 1 unspecified atom stereocenters. The highest BCUT2D eigenvalue weighted by Gasteiger charge is 2.29. The first-order valence-electron chi connectivity index (χ1n) is 9.44. The number of benzene rings is 1. The summed E-state index contributed by atoms with van der Waals surface area (Å²) in [6.45, 7) is 1.69. The Hall–Kier alpha value is -2.41. The van der Waals surface area contributed by atoms with E-state index in [2.05, 4.69) is 5.32 Å². The van der Waals surface area contributed by atoms with E-state index in [4.69, 9.17) is 4.74 Å². The lowest BCUT2D eigenvalue weighted by molar-refractivity contribution is -0.125. The van der Waals surface area contributed by atoms with Gasteiger partial charge in [0.2, 0.25) is 5.91 Å². The van der Waals surface area contributed by atoms with Crippen molar-refractivity contribution >= 4 is 23.3 Å². The number of nitrogens with zero attached hydrogens (tertiary/aromatic N) is 1. The fraction of sp³-hybridized carbons (Fsp3) is 0.550. The summed E-state index contributed by atoms with van der Waals surface area (Å²) in [5.41, 5.74) is 1.02. The van der Waals surface area contributed by atoms with Gasteiger partial charge >= 0.3 is 0 Å². The summed E-state index contributed by atoms with van der Waals surface area (Å²) in [5, 5.41) is 12.4. The van der Waals surface area contributed by atoms with E-state index in [0.29, 0.717) is 29.8 Å². The molecule has 1 aromatic rings. The predicted molar refractivity (Wildman–Crippen MR) is 99.9 cm³/mol. The molecule has 1 heterocycles. The highest BCUT2D eigenvalue weighted by molar-refractivity contribution is 6.03. The van der Waals surface area contributed by atoms with Gasteiger partial charge in [-0.2, -0.15) is 0 Å². The molecule has 1 saturated carbocycles. The van der Waals surface area contributed by atoms with Crippen molar-refractivity contribution in [2.45, 2.75) is 63.7 Å². The molecule has 1 aromatic carbocycles. The number of hydrogen-bond donors (Lipinski definition) is 2. The summed E-state index contributed by atoms with van der Waals surface area (Å²) >= 11 is 0.